The highest BCUT2D eigenvalue weighted by Gasteiger charge is 2.41. The molecule has 1 aromatic rings. The van der Waals surface area contributed by atoms with Gasteiger partial charge in [-0.1, -0.05) is 72.8 Å². The van der Waals surface area contributed by atoms with Gasteiger partial charge in [-0.05, 0) is 60.6 Å². The van der Waals surface area contributed by atoms with Crippen molar-refractivity contribution in [3.63, 3.8) is 0 Å². The molecule has 0 aromatic heterocycles. The second-order valence-electron chi connectivity index (χ2n) is 11.3. The van der Waals surface area contributed by atoms with Crippen LogP contribution in [0.3, 0.4) is 0 Å². The van der Waals surface area contributed by atoms with E-state index >= 15 is 0 Å². The zero-order valence-electron chi connectivity index (χ0n) is 22.8. The Kier molecular flexibility index (Phi) is 11.7. The van der Waals surface area contributed by atoms with Crippen molar-refractivity contribution in [2.45, 2.75) is 80.9 Å². The molecule has 0 heterocycles. The Bertz CT molecular complexity index is 851. The van der Waals surface area contributed by atoms with E-state index in [1.165, 1.54) is 6.92 Å². The predicted molar refractivity (Wildman–Crippen MR) is 140 cm³/mol. The van der Waals surface area contributed by atoms with Crippen LogP contribution in [0.15, 0.2) is 30.3 Å². The molecule has 0 aliphatic heterocycles. The molecule has 0 aliphatic carbocycles. The number of allylic oxidation sites excluding steroid dienone is 1. The predicted octanol–water partition coefficient (Wildman–Crippen LogP) is 6.29. The summed E-state index contributed by atoms with van der Waals surface area (Å²) in [5.74, 6) is -0.0347. The summed E-state index contributed by atoms with van der Waals surface area (Å²) >= 11 is 0. The third-order valence-corrected chi connectivity index (χ3v) is 6.93. The van der Waals surface area contributed by atoms with E-state index < -0.39 is 32.1 Å². The van der Waals surface area contributed by atoms with E-state index in [9.17, 15) is 19.4 Å². The molecule has 35 heavy (non-hydrogen) atoms. The first-order chi connectivity index (χ1) is 16.0. The van der Waals surface area contributed by atoms with Crippen LogP contribution in [-0.4, -0.2) is 41.1 Å². The van der Waals surface area contributed by atoms with Crippen LogP contribution in [-0.2, 0) is 18.6 Å². The molecule has 4 atom stereocenters. The number of hydrogen-bond acceptors (Lipinski definition) is 6. The van der Waals surface area contributed by atoms with E-state index in [2.05, 4.69) is 54.5 Å². The molecule has 1 aromatic carbocycles. The summed E-state index contributed by atoms with van der Waals surface area (Å²) in [6.07, 6.45) is 2.62. The smallest absolute Gasteiger partial charge is 0.366 e. The second-order valence-corrected chi connectivity index (χ2v) is 13.0. The summed E-state index contributed by atoms with van der Waals surface area (Å²) < 4.78 is 27.3. The first-order valence-electron chi connectivity index (χ1n) is 12.2. The maximum atomic E-state index is 12.2. The average molecular weight is 513 g/mol. The van der Waals surface area contributed by atoms with Crippen molar-refractivity contribution in [3.05, 3.63) is 35.9 Å². The highest BCUT2D eigenvalue weighted by atomic mass is 31.2. The number of carbonyl (C=O) groups is 1. The second kappa shape index (κ2) is 13.0. The maximum Gasteiger partial charge on any atom is 0.366 e. The van der Waals surface area contributed by atoms with Crippen LogP contribution in [0.5, 0.6) is 5.75 Å². The normalized spacial score (nSPS) is 17.1. The van der Waals surface area contributed by atoms with Crippen molar-refractivity contribution in [3.8, 4) is 5.75 Å². The van der Waals surface area contributed by atoms with Crippen molar-refractivity contribution in [2.75, 3.05) is 13.0 Å². The van der Waals surface area contributed by atoms with Gasteiger partial charge in [-0.15, -0.1) is 0 Å². The van der Waals surface area contributed by atoms with Gasteiger partial charge in [-0.25, -0.2) is 4.79 Å². The van der Waals surface area contributed by atoms with Crippen LogP contribution in [0, 0.1) is 22.7 Å². The molecular formula is C27H45O7P. The zero-order valence-corrected chi connectivity index (χ0v) is 23.7. The van der Waals surface area contributed by atoms with Gasteiger partial charge in [0.2, 0.25) is 0 Å². The summed E-state index contributed by atoms with van der Waals surface area (Å²) in [5, 5.41) is 11.1. The average Bonchev–Trinajstić information content (AvgIpc) is 2.70. The van der Waals surface area contributed by atoms with Crippen molar-refractivity contribution in [1.29, 1.82) is 0 Å². The Balaban J connectivity index is 2.66. The quantitative estimate of drug-likeness (QED) is 0.251. The van der Waals surface area contributed by atoms with Crippen molar-refractivity contribution in [2.24, 2.45) is 22.7 Å². The van der Waals surface area contributed by atoms with E-state index in [-0.39, 0.29) is 29.3 Å². The largest absolute Gasteiger partial charge is 0.481 e. The minimum Gasteiger partial charge on any atom is -0.481 e. The summed E-state index contributed by atoms with van der Waals surface area (Å²) in [5.41, 5.74) is 0.930. The van der Waals surface area contributed by atoms with Gasteiger partial charge in [0.1, 0.15) is 5.75 Å². The van der Waals surface area contributed by atoms with Gasteiger partial charge in [-0.3, -0.25) is 9.09 Å². The molecule has 7 nitrogen and oxygen atoms in total. The Morgan fingerprint density at radius 1 is 1.06 bits per heavy atom. The van der Waals surface area contributed by atoms with E-state index in [1.54, 1.807) is 19.1 Å². The van der Waals surface area contributed by atoms with Crippen LogP contribution < -0.4 is 4.74 Å². The van der Waals surface area contributed by atoms with Crippen LogP contribution in [0.1, 0.15) is 74.3 Å². The van der Waals surface area contributed by atoms with Crippen LogP contribution in [0.4, 0.5) is 0 Å². The van der Waals surface area contributed by atoms with E-state index in [4.69, 9.17) is 14.0 Å². The minimum atomic E-state index is -4.13. The van der Waals surface area contributed by atoms with Crippen LogP contribution in [0.25, 0.3) is 6.08 Å². The zero-order chi connectivity index (χ0) is 27.0. The molecule has 0 fully saturated rings. The van der Waals surface area contributed by atoms with Gasteiger partial charge < -0.3 is 19.5 Å². The molecule has 0 saturated heterocycles. The third kappa shape index (κ3) is 10.9. The number of esters is 1. The van der Waals surface area contributed by atoms with Gasteiger partial charge in [0.05, 0.1) is 12.7 Å². The Labute approximate surface area is 211 Å². The van der Waals surface area contributed by atoms with Crippen LogP contribution >= 0.6 is 7.60 Å². The molecule has 0 saturated carbocycles. The number of rotatable bonds is 12. The lowest BCUT2D eigenvalue weighted by atomic mass is 9.62. The van der Waals surface area contributed by atoms with Gasteiger partial charge >= 0.3 is 13.6 Å². The number of aliphatic hydroxyl groups excluding tert-OH is 1. The van der Waals surface area contributed by atoms with E-state index in [0.29, 0.717) is 5.75 Å². The number of benzene rings is 1. The molecule has 0 spiro atoms. The number of ether oxygens (including phenoxy) is 2. The third-order valence-electron chi connectivity index (χ3n) is 5.82. The lowest BCUT2D eigenvalue weighted by Gasteiger charge is -2.45. The Hall–Kier alpha value is -1.66. The summed E-state index contributed by atoms with van der Waals surface area (Å²) in [6, 6.07) is 7.07. The number of aliphatic hydroxyl groups is 1. The molecule has 1 unspecified atom stereocenters. The number of carbonyl (C=O) groups excluding carboxylic acids is 1. The highest BCUT2D eigenvalue weighted by molar-refractivity contribution is 7.52. The highest BCUT2D eigenvalue weighted by Crippen LogP contribution is 2.45. The van der Waals surface area contributed by atoms with Crippen molar-refractivity contribution >= 4 is 19.6 Å². The molecule has 0 radical (unpaired) electrons. The topological polar surface area (TPSA) is 102 Å². The summed E-state index contributed by atoms with van der Waals surface area (Å²) in [7, 11) is -4.13. The molecular weight excluding hydrogens is 467 g/mol. The van der Waals surface area contributed by atoms with Gasteiger partial charge in [0.25, 0.3) is 0 Å². The summed E-state index contributed by atoms with van der Waals surface area (Å²) in [6.45, 7) is 18.3. The molecule has 200 valence electrons. The van der Waals surface area contributed by atoms with Crippen LogP contribution in [0.2, 0.25) is 0 Å². The lowest BCUT2D eigenvalue weighted by molar-refractivity contribution is -0.150. The standard InChI is InChI=1S/C27H45O7P/c1-10-32-25(29)20(3)34-35(30,31)18-33-22-16-14-21(15-17-22)13-11-12-19(2)23(28)24(26(4,5)6)27(7,8)9/h11,13-17,19-20,23-24,28H,10,12,18H2,1-9H3,(H,30,31)/b13-11+/t19-,20+,23-/m1/s1. The fourth-order valence-electron chi connectivity index (χ4n) is 4.62. The minimum absolute atomic E-state index is 0.00804. The van der Waals surface area contributed by atoms with Gasteiger partial charge in [0.15, 0.2) is 12.5 Å². The van der Waals surface area contributed by atoms with E-state index in [0.717, 1.165) is 12.0 Å². The molecule has 0 aliphatic rings. The SMILES string of the molecule is CCOC(=O)[C@H](C)OP(=O)(O)COc1ccc(/C=C/C[C@@H](C)[C@@H](O)C(C(C)(C)C)C(C)(C)C)cc1. The van der Waals surface area contributed by atoms with Gasteiger partial charge in [-0.2, -0.15) is 0 Å². The fourth-order valence-corrected chi connectivity index (χ4v) is 5.58. The van der Waals surface area contributed by atoms with Crippen molar-refractivity contribution < 1.29 is 33.4 Å². The number of hydrogen-bond donors (Lipinski definition) is 2. The molecule has 0 bridgehead atoms. The Morgan fingerprint density at radius 2 is 1.60 bits per heavy atom. The molecule has 0 amide bonds. The van der Waals surface area contributed by atoms with Gasteiger partial charge in [0, 0.05) is 0 Å². The molecule has 2 N–H and O–H groups in total. The lowest BCUT2D eigenvalue weighted by Crippen LogP contribution is -2.44. The molecule has 1 rings (SSSR count). The van der Waals surface area contributed by atoms with Crippen molar-refractivity contribution in [1.82, 2.24) is 0 Å². The maximum absolute atomic E-state index is 12.2. The summed E-state index contributed by atoms with van der Waals surface area (Å²) in [4.78, 5) is 21.5. The first kappa shape index (κ1) is 31.4. The Morgan fingerprint density at radius 3 is 2.09 bits per heavy atom. The molecule has 8 heteroatoms. The monoisotopic (exact) mass is 512 g/mol. The first-order valence-corrected chi connectivity index (χ1v) is 14.0. The van der Waals surface area contributed by atoms with E-state index in [1.807, 2.05) is 18.2 Å². The fraction of sp³-hybridized carbons (Fsp3) is 0.667.